The molecule has 0 atom stereocenters. The van der Waals surface area contributed by atoms with Gasteiger partial charge in [-0.25, -0.2) is 4.99 Å². The van der Waals surface area contributed by atoms with Gasteiger partial charge in [0.05, 0.1) is 13.4 Å². The van der Waals surface area contributed by atoms with Crippen molar-refractivity contribution in [3.63, 3.8) is 0 Å². The van der Waals surface area contributed by atoms with E-state index in [1.54, 1.807) is 13.4 Å². The van der Waals surface area contributed by atoms with Crippen molar-refractivity contribution < 1.29 is 9.15 Å². The van der Waals surface area contributed by atoms with Crippen LogP contribution in [0.4, 0.5) is 0 Å². The summed E-state index contributed by atoms with van der Waals surface area (Å²) < 4.78 is 10.7. The van der Waals surface area contributed by atoms with E-state index < -0.39 is 0 Å². The van der Waals surface area contributed by atoms with Gasteiger partial charge in [-0.15, -0.1) is 24.0 Å². The molecule has 0 saturated heterocycles. The Bertz CT molecular complexity index is 627. The zero-order valence-corrected chi connectivity index (χ0v) is 16.8. The molecule has 0 unspecified atom stereocenters. The third kappa shape index (κ3) is 6.43. The van der Waals surface area contributed by atoms with Gasteiger partial charge in [0, 0.05) is 13.1 Å². The Morgan fingerprint density at radius 3 is 2.75 bits per heavy atom. The topological polar surface area (TPSA) is 58.8 Å². The molecular formula is C18H26IN3O2. The maximum atomic E-state index is 5.36. The van der Waals surface area contributed by atoms with E-state index in [4.69, 9.17) is 9.15 Å². The first-order chi connectivity index (χ1) is 11.2. The Balaban J connectivity index is 0.00000288. The minimum absolute atomic E-state index is 0. The van der Waals surface area contributed by atoms with Crippen molar-refractivity contribution in [1.29, 1.82) is 0 Å². The number of rotatable bonds is 7. The highest BCUT2D eigenvalue weighted by Gasteiger charge is 2.02. The zero-order valence-electron chi connectivity index (χ0n) is 14.5. The van der Waals surface area contributed by atoms with E-state index in [-0.39, 0.29) is 24.0 Å². The third-order valence-corrected chi connectivity index (χ3v) is 3.50. The molecule has 1 aromatic heterocycles. The first kappa shape index (κ1) is 20.3. The molecule has 2 N–H and O–H groups in total. The van der Waals surface area contributed by atoms with Crippen LogP contribution in [0, 0.1) is 6.92 Å². The number of ether oxygens (including phenoxy) is 1. The van der Waals surface area contributed by atoms with Gasteiger partial charge in [0.1, 0.15) is 18.1 Å². The number of aryl methyl sites for hydroxylation is 1. The SMILES string of the molecule is CCNC(=NCc1ccco1)NCCc1ccc(C)c(OC)c1.I. The van der Waals surface area contributed by atoms with Gasteiger partial charge in [-0.05, 0) is 49.6 Å². The van der Waals surface area contributed by atoms with Crippen LogP contribution in [0.3, 0.4) is 0 Å². The fourth-order valence-corrected chi connectivity index (χ4v) is 2.25. The molecule has 0 aliphatic heterocycles. The fourth-order valence-electron chi connectivity index (χ4n) is 2.25. The molecular weight excluding hydrogens is 417 g/mol. The molecule has 0 fully saturated rings. The Kier molecular flexibility index (Phi) is 9.29. The highest BCUT2D eigenvalue weighted by Crippen LogP contribution is 2.18. The number of methoxy groups -OCH3 is 1. The second-order valence-electron chi connectivity index (χ2n) is 5.26. The molecule has 1 heterocycles. The van der Waals surface area contributed by atoms with Crippen LogP contribution < -0.4 is 15.4 Å². The average molecular weight is 443 g/mol. The number of hydrogen-bond donors (Lipinski definition) is 2. The van der Waals surface area contributed by atoms with Gasteiger partial charge in [0.15, 0.2) is 5.96 Å². The first-order valence-corrected chi connectivity index (χ1v) is 7.91. The molecule has 0 aliphatic rings. The number of nitrogens with one attached hydrogen (secondary N) is 2. The minimum atomic E-state index is 0. The monoisotopic (exact) mass is 443 g/mol. The van der Waals surface area contributed by atoms with E-state index in [1.165, 1.54) is 5.56 Å². The third-order valence-electron chi connectivity index (χ3n) is 3.50. The van der Waals surface area contributed by atoms with Crippen LogP contribution in [0.2, 0.25) is 0 Å². The summed E-state index contributed by atoms with van der Waals surface area (Å²) in [5.41, 5.74) is 2.39. The lowest BCUT2D eigenvalue weighted by molar-refractivity contribution is 0.411. The van der Waals surface area contributed by atoms with Crippen LogP contribution in [0.25, 0.3) is 0 Å². The van der Waals surface area contributed by atoms with Crippen molar-refractivity contribution in [2.45, 2.75) is 26.8 Å². The smallest absolute Gasteiger partial charge is 0.191 e. The molecule has 132 valence electrons. The van der Waals surface area contributed by atoms with Crippen molar-refractivity contribution in [2.24, 2.45) is 4.99 Å². The molecule has 5 nitrogen and oxygen atoms in total. The highest BCUT2D eigenvalue weighted by molar-refractivity contribution is 14.0. The number of benzene rings is 1. The maximum Gasteiger partial charge on any atom is 0.191 e. The van der Waals surface area contributed by atoms with Gasteiger partial charge in [0.2, 0.25) is 0 Å². The normalized spacial score (nSPS) is 10.9. The van der Waals surface area contributed by atoms with E-state index in [0.29, 0.717) is 6.54 Å². The van der Waals surface area contributed by atoms with Gasteiger partial charge in [-0.3, -0.25) is 0 Å². The van der Waals surface area contributed by atoms with E-state index in [9.17, 15) is 0 Å². The Morgan fingerprint density at radius 1 is 1.25 bits per heavy atom. The van der Waals surface area contributed by atoms with Gasteiger partial charge in [-0.2, -0.15) is 0 Å². The first-order valence-electron chi connectivity index (χ1n) is 7.91. The second-order valence-corrected chi connectivity index (χ2v) is 5.26. The fraction of sp³-hybridized carbons (Fsp3) is 0.389. The summed E-state index contributed by atoms with van der Waals surface area (Å²) in [6.45, 7) is 6.25. The Hall–Kier alpha value is -1.70. The van der Waals surface area contributed by atoms with Crippen molar-refractivity contribution >= 4 is 29.9 Å². The molecule has 2 aromatic rings. The summed E-state index contributed by atoms with van der Waals surface area (Å²) in [7, 11) is 1.70. The van der Waals surface area contributed by atoms with Crippen LogP contribution in [-0.2, 0) is 13.0 Å². The van der Waals surface area contributed by atoms with Crippen molar-refractivity contribution in [3.05, 3.63) is 53.5 Å². The predicted octanol–water partition coefficient (Wildman–Crippen LogP) is 3.51. The Morgan fingerprint density at radius 2 is 2.08 bits per heavy atom. The molecule has 0 spiro atoms. The van der Waals surface area contributed by atoms with Gasteiger partial charge in [-0.1, -0.05) is 12.1 Å². The maximum absolute atomic E-state index is 5.36. The number of guanidine groups is 1. The van der Waals surface area contributed by atoms with Crippen molar-refractivity contribution in [3.8, 4) is 5.75 Å². The van der Waals surface area contributed by atoms with E-state index in [2.05, 4.69) is 40.7 Å². The number of aliphatic imine (C=N–C) groups is 1. The van der Waals surface area contributed by atoms with Crippen LogP contribution in [-0.4, -0.2) is 26.2 Å². The number of nitrogens with zero attached hydrogens (tertiary/aromatic N) is 1. The average Bonchev–Trinajstić information content (AvgIpc) is 3.07. The van der Waals surface area contributed by atoms with E-state index >= 15 is 0 Å². The minimum Gasteiger partial charge on any atom is -0.496 e. The summed E-state index contributed by atoms with van der Waals surface area (Å²) in [6, 6.07) is 10.1. The quantitative estimate of drug-likeness (QED) is 0.391. The Labute approximate surface area is 160 Å². The molecule has 0 saturated carbocycles. The molecule has 1 aromatic carbocycles. The van der Waals surface area contributed by atoms with Crippen molar-refractivity contribution in [1.82, 2.24) is 10.6 Å². The van der Waals surface area contributed by atoms with Crippen LogP contribution in [0.5, 0.6) is 5.75 Å². The molecule has 0 amide bonds. The molecule has 0 bridgehead atoms. The lowest BCUT2D eigenvalue weighted by Gasteiger charge is -2.12. The molecule has 24 heavy (non-hydrogen) atoms. The molecule has 6 heteroatoms. The summed E-state index contributed by atoms with van der Waals surface area (Å²) in [4.78, 5) is 4.51. The highest BCUT2D eigenvalue weighted by atomic mass is 127. The lowest BCUT2D eigenvalue weighted by Crippen LogP contribution is -2.38. The zero-order chi connectivity index (χ0) is 16.5. The summed E-state index contributed by atoms with van der Waals surface area (Å²) in [5, 5.41) is 6.58. The number of hydrogen-bond acceptors (Lipinski definition) is 3. The largest absolute Gasteiger partial charge is 0.496 e. The van der Waals surface area contributed by atoms with Gasteiger partial charge in [0.25, 0.3) is 0 Å². The van der Waals surface area contributed by atoms with Crippen LogP contribution >= 0.6 is 24.0 Å². The van der Waals surface area contributed by atoms with Crippen LogP contribution in [0.15, 0.2) is 46.0 Å². The van der Waals surface area contributed by atoms with Crippen LogP contribution in [0.1, 0.15) is 23.8 Å². The van der Waals surface area contributed by atoms with Gasteiger partial charge < -0.3 is 19.8 Å². The summed E-state index contributed by atoms with van der Waals surface area (Å²) in [5.74, 6) is 2.58. The summed E-state index contributed by atoms with van der Waals surface area (Å²) >= 11 is 0. The molecule has 2 rings (SSSR count). The standard InChI is InChI=1S/C18H25N3O2.HI/c1-4-19-18(21-13-16-6-5-11-23-16)20-10-9-15-8-7-14(2)17(12-15)22-3;/h5-8,11-12H,4,9-10,13H2,1-3H3,(H2,19,20,21);1H. The van der Waals surface area contributed by atoms with Crippen molar-refractivity contribution in [2.75, 3.05) is 20.2 Å². The van der Waals surface area contributed by atoms with Gasteiger partial charge >= 0.3 is 0 Å². The predicted molar refractivity (Wildman–Crippen MR) is 108 cm³/mol. The second kappa shape index (κ2) is 11.0. The lowest BCUT2D eigenvalue weighted by atomic mass is 10.1. The van der Waals surface area contributed by atoms with E-state index in [1.807, 2.05) is 19.1 Å². The van der Waals surface area contributed by atoms with E-state index in [0.717, 1.165) is 42.5 Å². The number of furan rings is 1. The molecule has 0 radical (unpaired) electrons. The number of halogens is 1. The summed E-state index contributed by atoms with van der Waals surface area (Å²) in [6.07, 6.45) is 2.57. The molecule has 0 aliphatic carbocycles.